The number of aryl methyl sites for hydroxylation is 2. The molecule has 4 rings (SSSR count). The van der Waals surface area contributed by atoms with Crippen LogP contribution in [0.5, 0.6) is 0 Å². The van der Waals surface area contributed by atoms with Crippen LogP contribution in [-0.2, 0) is 22.4 Å². The van der Waals surface area contributed by atoms with Crippen LogP contribution in [-0.4, -0.2) is 28.2 Å². The molecule has 1 fully saturated rings. The number of carbonyl (C=O) groups is 2. The van der Waals surface area contributed by atoms with Gasteiger partial charge in [-0.2, -0.15) is 0 Å². The predicted octanol–water partition coefficient (Wildman–Crippen LogP) is 4.93. The average molecular weight is 407 g/mol. The van der Waals surface area contributed by atoms with E-state index in [0.29, 0.717) is 17.7 Å². The van der Waals surface area contributed by atoms with Gasteiger partial charge in [0.2, 0.25) is 0 Å². The Labute approximate surface area is 176 Å². The van der Waals surface area contributed by atoms with Gasteiger partial charge >= 0.3 is 0 Å². The van der Waals surface area contributed by atoms with E-state index < -0.39 is 17.7 Å². The number of ketones is 1. The smallest absolute Gasteiger partial charge is 0.295 e. The van der Waals surface area contributed by atoms with Crippen LogP contribution < -0.4 is 0 Å². The highest BCUT2D eigenvalue weighted by molar-refractivity contribution is 6.46. The van der Waals surface area contributed by atoms with Gasteiger partial charge in [0.15, 0.2) is 0 Å². The summed E-state index contributed by atoms with van der Waals surface area (Å²) in [5, 5.41) is 11.1. The monoisotopic (exact) mass is 407 g/mol. The quantitative estimate of drug-likeness (QED) is 0.435. The number of hydrogen-bond donors (Lipinski definition) is 1. The topological polar surface area (TPSA) is 57.6 Å². The summed E-state index contributed by atoms with van der Waals surface area (Å²) in [6.45, 7) is 2.42. The molecule has 156 valence electrons. The van der Waals surface area contributed by atoms with E-state index in [1.165, 1.54) is 28.2 Å². The van der Waals surface area contributed by atoms with Gasteiger partial charge in [-0.1, -0.05) is 37.6 Å². The van der Waals surface area contributed by atoms with E-state index in [0.717, 1.165) is 38.5 Å². The lowest BCUT2D eigenvalue weighted by molar-refractivity contribution is -0.139. The highest BCUT2D eigenvalue weighted by Gasteiger charge is 2.45. The van der Waals surface area contributed by atoms with Gasteiger partial charge in [-0.3, -0.25) is 9.59 Å². The van der Waals surface area contributed by atoms with Gasteiger partial charge in [0.25, 0.3) is 11.7 Å². The van der Waals surface area contributed by atoms with Gasteiger partial charge in [0.1, 0.15) is 11.6 Å². The third kappa shape index (κ3) is 3.64. The molecule has 1 aliphatic heterocycles. The van der Waals surface area contributed by atoms with E-state index >= 15 is 0 Å². The number of aliphatic hydroxyl groups excluding tert-OH is 1. The molecule has 1 saturated heterocycles. The van der Waals surface area contributed by atoms with Crippen molar-refractivity contribution in [2.75, 3.05) is 6.54 Å². The lowest BCUT2D eigenvalue weighted by Gasteiger charge is -2.25. The number of Topliss-reactive ketones (excluding diaryl/α,β-unsaturated/α-hetero) is 1. The number of hydrogen-bond acceptors (Lipinski definition) is 3. The zero-order valence-electron chi connectivity index (χ0n) is 17.2. The fourth-order valence-electron chi connectivity index (χ4n) is 4.47. The Bertz CT molecular complexity index is 1010. The molecule has 0 bridgehead atoms. The summed E-state index contributed by atoms with van der Waals surface area (Å²) in [7, 11) is 0. The van der Waals surface area contributed by atoms with Crippen molar-refractivity contribution in [3.63, 3.8) is 0 Å². The van der Waals surface area contributed by atoms with E-state index in [4.69, 9.17) is 0 Å². The molecule has 4 nitrogen and oxygen atoms in total. The van der Waals surface area contributed by atoms with Crippen molar-refractivity contribution >= 4 is 17.4 Å². The van der Waals surface area contributed by atoms with Crippen molar-refractivity contribution in [2.45, 2.75) is 51.5 Å². The maximum Gasteiger partial charge on any atom is 0.295 e. The van der Waals surface area contributed by atoms with Crippen LogP contribution in [0.3, 0.4) is 0 Å². The van der Waals surface area contributed by atoms with E-state index in [-0.39, 0.29) is 17.1 Å². The zero-order valence-corrected chi connectivity index (χ0v) is 17.2. The Morgan fingerprint density at radius 3 is 2.47 bits per heavy atom. The normalized spacial score (nSPS) is 20.5. The number of likely N-dealkylation sites (tertiary alicyclic amines) is 1. The van der Waals surface area contributed by atoms with E-state index in [1.807, 2.05) is 25.1 Å². The number of benzene rings is 2. The molecule has 1 atom stereocenters. The minimum atomic E-state index is -0.715. The van der Waals surface area contributed by atoms with Crippen molar-refractivity contribution < 1.29 is 19.1 Å². The molecule has 2 aliphatic rings. The fourth-order valence-corrected chi connectivity index (χ4v) is 4.47. The molecule has 0 saturated carbocycles. The molecular weight excluding hydrogens is 381 g/mol. The first-order valence-electron chi connectivity index (χ1n) is 10.7. The SMILES string of the molecule is CCCCN1C(=O)C(=O)/C(=C(\O)c2ccc3c(c2)CCCC3)C1c1ccc(F)cc1. The first kappa shape index (κ1) is 20.3. The molecule has 2 aromatic rings. The molecule has 2 aromatic carbocycles. The number of nitrogens with zero attached hydrogens (tertiary/aromatic N) is 1. The second-order valence-corrected chi connectivity index (χ2v) is 8.09. The highest BCUT2D eigenvalue weighted by atomic mass is 19.1. The summed E-state index contributed by atoms with van der Waals surface area (Å²) < 4.78 is 13.5. The molecule has 1 N–H and O–H groups in total. The lowest BCUT2D eigenvalue weighted by Crippen LogP contribution is -2.30. The van der Waals surface area contributed by atoms with Crippen molar-refractivity contribution in [2.24, 2.45) is 0 Å². The number of halogens is 1. The number of rotatable bonds is 5. The summed E-state index contributed by atoms with van der Waals surface area (Å²) in [5.74, 6) is -1.85. The van der Waals surface area contributed by atoms with E-state index in [2.05, 4.69) is 0 Å². The minimum Gasteiger partial charge on any atom is -0.507 e. The molecule has 0 spiro atoms. The molecule has 1 aliphatic carbocycles. The minimum absolute atomic E-state index is 0.0819. The third-order valence-corrected chi connectivity index (χ3v) is 6.10. The Morgan fingerprint density at radius 2 is 1.77 bits per heavy atom. The zero-order chi connectivity index (χ0) is 21.3. The van der Waals surface area contributed by atoms with Crippen molar-refractivity contribution in [1.82, 2.24) is 4.90 Å². The van der Waals surface area contributed by atoms with Crippen molar-refractivity contribution in [1.29, 1.82) is 0 Å². The van der Waals surface area contributed by atoms with Crippen LogP contribution in [0.2, 0.25) is 0 Å². The predicted molar refractivity (Wildman–Crippen MR) is 113 cm³/mol. The standard InChI is InChI=1S/C25H26FNO3/c1-2-3-14-27-22(17-10-12-20(26)13-11-17)21(24(29)25(27)30)23(28)19-9-8-16-6-4-5-7-18(16)15-19/h8-13,15,22,28H,2-7,14H2,1H3/b23-21-. The number of fused-ring (bicyclic) bond motifs is 1. The highest BCUT2D eigenvalue weighted by Crippen LogP contribution is 2.40. The Kier molecular flexibility index (Phi) is 5.71. The number of carbonyl (C=O) groups excluding carboxylic acids is 2. The Balaban J connectivity index is 1.82. The molecule has 30 heavy (non-hydrogen) atoms. The van der Waals surface area contributed by atoms with E-state index in [9.17, 15) is 19.1 Å². The van der Waals surface area contributed by atoms with Crippen molar-refractivity contribution in [3.05, 3.63) is 76.1 Å². The van der Waals surface area contributed by atoms with Gasteiger partial charge < -0.3 is 10.0 Å². The Hall–Kier alpha value is -2.95. The summed E-state index contributed by atoms with van der Waals surface area (Å²) in [4.78, 5) is 27.3. The Morgan fingerprint density at radius 1 is 1.07 bits per heavy atom. The second-order valence-electron chi connectivity index (χ2n) is 8.09. The van der Waals surface area contributed by atoms with Crippen LogP contribution in [0.25, 0.3) is 5.76 Å². The second kappa shape index (κ2) is 8.42. The number of unbranched alkanes of at least 4 members (excludes halogenated alkanes) is 1. The van der Waals surface area contributed by atoms with Crippen LogP contribution in [0.15, 0.2) is 48.0 Å². The summed E-state index contributed by atoms with van der Waals surface area (Å²) in [6.07, 6.45) is 5.84. The summed E-state index contributed by atoms with van der Waals surface area (Å²) in [5.41, 5.74) is 3.71. The largest absolute Gasteiger partial charge is 0.507 e. The van der Waals surface area contributed by atoms with Crippen LogP contribution in [0, 0.1) is 5.82 Å². The van der Waals surface area contributed by atoms with Gasteiger partial charge in [-0.05, 0) is 67.0 Å². The summed E-state index contributed by atoms with van der Waals surface area (Å²) >= 11 is 0. The van der Waals surface area contributed by atoms with Gasteiger partial charge in [-0.25, -0.2) is 4.39 Å². The van der Waals surface area contributed by atoms with Crippen LogP contribution in [0.1, 0.15) is 60.9 Å². The van der Waals surface area contributed by atoms with Crippen LogP contribution in [0.4, 0.5) is 4.39 Å². The van der Waals surface area contributed by atoms with Gasteiger partial charge in [-0.15, -0.1) is 0 Å². The molecule has 1 unspecified atom stereocenters. The van der Waals surface area contributed by atoms with Gasteiger partial charge in [0, 0.05) is 12.1 Å². The average Bonchev–Trinajstić information content (AvgIpc) is 3.02. The van der Waals surface area contributed by atoms with Crippen LogP contribution >= 0.6 is 0 Å². The molecule has 1 amide bonds. The molecule has 0 radical (unpaired) electrons. The lowest BCUT2D eigenvalue weighted by atomic mass is 9.88. The maximum absolute atomic E-state index is 13.5. The first-order valence-corrected chi connectivity index (χ1v) is 10.7. The van der Waals surface area contributed by atoms with Crippen molar-refractivity contribution in [3.8, 4) is 0 Å². The van der Waals surface area contributed by atoms with Gasteiger partial charge in [0.05, 0.1) is 11.6 Å². The number of amides is 1. The fraction of sp³-hybridized carbons (Fsp3) is 0.360. The number of aliphatic hydroxyl groups is 1. The molecule has 1 heterocycles. The first-order chi connectivity index (χ1) is 14.5. The summed E-state index contributed by atoms with van der Waals surface area (Å²) in [6, 6.07) is 10.8. The van der Waals surface area contributed by atoms with E-state index in [1.54, 1.807) is 12.1 Å². The molecular formula is C25H26FNO3. The molecule has 0 aromatic heterocycles. The third-order valence-electron chi connectivity index (χ3n) is 6.10. The molecule has 5 heteroatoms. The maximum atomic E-state index is 13.5.